The first kappa shape index (κ1) is 13.5. The van der Waals surface area contributed by atoms with Gasteiger partial charge in [-0.1, -0.05) is 6.07 Å². The van der Waals surface area contributed by atoms with Gasteiger partial charge in [0.15, 0.2) is 0 Å². The van der Waals surface area contributed by atoms with Gasteiger partial charge in [-0.15, -0.1) is 0 Å². The first-order chi connectivity index (χ1) is 8.99. The third kappa shape index (κ3) is 2.92. The molecule has 5 nitrogen and oxygen atoms in total. The minimum Gasteiger partial charge on any atom is -0.365 e. The number of hydrogen-bond donors (Lipinski definition) is 0. The van der Waals surface area contributed by atoms with Gasteiger partial charge >= 0.3 is 0 Å². The maximum Gasteiger partial charge on any atom is 0.292 e. The molecule has 1 aromatic rings. The predicted octanol–water partition coefficient (Wildman–Crippen LogP) is 2.71. The Hall–Kier alpha value is -1.91. The molecule has 0 aromatic heterocycles. The Labute approximate surface area is 112 Å². The van der Waals surface area contributed by atoms with Gasteiger partial charge in [0.2, 0.25) is 0 Å². The molecule has 0 bridgehead atoms. The molecule has 0 saturated carbocycles. The van der Waals surface area contributed by atoms with Crippen LogP contribution in [-0.2, 0) is 4.79 Å². The highest BCUT2D eigenvalue weighted by molar-refractivity contribution is 5.79. The van der Waals surface area contributed by atoms with Crippen LogP contribution in [0.1, 0.15) is 25.3 Å². The van der Waals surface area contributed by atoms with Crippen molar-refractivity contribution in [1.82, 2.24) is 0 Å². The molecular weight excluding hydrogens is 244 g/mol. The average Bonchev–Trinajstić information content (AvgIpc) is 2.38. The molecule has 19 heavy (non-hydrogen) atoms. The fraction of sp³-hybridized carbons (Fsp3) is 0.500. The number of ketones is 1. The number of benzene rings is 1. The molecular formula is C14H18N2O3. The summed E-state index contributed by atoms with van der Waals surface area (Å²) in [4.78, 5) is 24.2. The second-order valence-electron chi connectivity index (χ2n) is 5.15. The summed E-state index contributed by atoms with van der Waals surface area (Å²) in [6, 6.07) is 5.25. The van der Waals surface area contributed by atoms with E-state index in [1.807, 2.05) is 17.9 Å². The number of nitrogens with zero attached hydrogens (tertiary/aromatic N) is 2. The maximum absolute atomic E-state index is 11.5. The molecule has 0 spiro atoms. The summed E-state index contributed by atoms with van der Waals surface area (Å²) in [7, 11) is 0. The summed E-state index contributed by atoms with van der Waals surface area (Å²) >= 11 is 0. The van der Waals surface area contributed by atoms with Crippen LogP contribution in [0.15, 0.2) is 18.2 Å². The van der Waals surface area contributed by atoms with Crippen molar-refractivity contribution in [3.8, 4) is 0 Å². The van der Waals surface area contributed by atoms with E-state index in [9.17, 15) is 14.9 Å². The van der Waals surface area contributed by atoms with Gasteiger partial charge in [-0.05, 0) is 38.3 Å². The minimum atomic E-state index is -0.348. The third-order valence-corrected chi connectivity index (χ3v) is 3.66. The summed E-state index contributed by atoms with van der Waals surface area (Å²) in [5, 5.41) is 11.1. The molecule has 2 rings (SSSR count). The van der Waals surface area contributed by atoms with Crippen LogP contribution in [0.25, 0.3) is 0 Å². The van der Waals surface area contributed by atoms with Crippen LogP contribution in [0.2, 0.25) is 0 Å². The third-order valence-electron chi connectivity index (χ3n) is 3.66. The number of carbonyl (C=O) groups excluding carboxylic acids is 1. The lowest BCUT2D eigenvalue weighted by Gasteiger charge is -2.33. The van der Waals surface area contributed by atoms with Crippen LogP contribution in [-0.4, -0.2) is 23.8 Å². The van der Waals surface area contributed by atoms with Crippen molar-refractivity contribution in [1.29, 1.82) is 0 Å². The molecule has 1 unspecified atom stereocenters. The zero-order valence-electron chi connectivity index (χ0n) is 11.3. The van der Waals surface area contributed by atoms with Crippen LogP contribution in [0.3, 0.4) is 0 Å². The Morgan fingerprint density at radius 3 is 2.84 bits per heavy atom. The van der Waals surface area contributed by atoms with E-state index >= 15 is 0 Å². The van der Waals surface area contributed by atoms with E-state index in [1.54, 1.807) is 19.1 Å². The molecule has 1 heterocycles. The molecule has 1 saturated heterocycles. The standard InChI is InChI=1S/C14H18N2O3/c1-10-5-6-13(14(8-10)16(18)19)15-7-3-4-12(9-15)11(2)17/h5-6,8,12H,3-4,7,9H2,1-2H3. The summed E-state index contributed by atoms with van der Waals surface area (Å²) in [6.07, 6.45) is 1.78. The molecule has 1 aromatic carbocycles. The van der Waals surface area contributed by atoms with Crippen LogP contribution in [0.5, 0.6) is 0 Å². The van der Waals surface area contributed by atoms with Gasteiger partial charge in [0, 0.05) is 25.1 Å². The van der Waals surface area contributed by atoms with E-state index < -0.39 is 0 Å². The average molecular weight is 262 g/mol. The quantitative estimate of drug-likeness (QED) is 0.620. The summed E-state index contributed by atoms with van der Waals surface area (Å²) in [5.41, 5.74) is 1.63. The number of Topliss-reactive ketones (excluding diaryl/α,β-unsaturated/α-hetero) is 1. The molecule has 0 amide bonds. The molecule has 1 fully saturated rings. The molecule has 102 valence electrons. The van der Waals surface area contributed by atoms with Gasteiger partial charge in [0.25, 0.3) is 5.69 Å². The van der Waals surface area contributed by atoms with Gasteiger partial charge < -0.3 is 4.90 Å². The van der Waals surface area contributed by atoms with Crippen molar-refractivity contribution in [3.63, 3.8) is 0 Å². The second-order valence-corrected chi connectivity index (χ2v) is 5.15. The lowest BCUT2D eigenvalue weighted by molar-refractivity contribution is -0.384. The summed E-state index contributed by atoms with van der Waals surface area (Å²) < 4.78 is 0. The normalized spacial score (nSPS) is 19.3. The van der Waals surface area contributed by atoms with Crippen molar-refractivity contribution < 1.29 is 9.72 Å². The van der Waals surface area contributed by atoms with E-state index in [2.05, 4.69) is 0 Å². The molecule has 0 radical (unpaired) electrons. The molecule has 1 aliphatic rings. The van der Waals surface area contributed by atoms with Crippen molar-refractivity contribution >= 4 is 17.2 Å². The fourth-order valence-corrected chi connectivity index (χ4v) is 2.57. The minimum absolute atomic E-state index is 0.00495. The van der Waals surface area contributed by atoms with Crippen molar-refractivity contribution in [3.05, 3.63) is 33.9 Å². The smallest absolute Gasteiger partial charge is 0.292 e. The fourth-order valence-electron chi connectivity index (χ4n) is 2.57. The van der Waals surface area contributed by atoms with E-state index in [4.69, 9.17) is 0 Å². The molecule has 1 aliphatic heterocycles. The van der Waals surface area contributed by atoms with Crippen LogP contribution >= 0.6 is 0 Å². The first-order valence-corrected chi connectivity index (χ1v) is 6.49. The van der Waals surface area contributed by atoms with Crippen molar-refractivity contribution in [2.24, 2.45) is 5.92 Å². The van der Waals surface area contributed by atoms with Gasteiger partial charge in [-0.25, -0.2) is 0 Å². The Balaban J connectivity index is 2.30. The topological polar surface area (TPSA) is 63.5 Å². The number of anilines is 1. The zero-order valence-corrected chi connectivity index (χ0v) is 11.3. The van der Waals surface area contributed by atoms with E-state index in [0.717, 1.165) is 24.9 Å². The van der Waals surface area contributed by atoms with E-state index in [1.165, 1.54) is 0 Å². The number of nitro benzene ring substituents is 1. The Kier molecular flexibility index (Phi) is 3.83. The Bertz CT molecular complexity index is 513. The number of carbonyl (C=O) groups is 1. The van der Waals surface area contributed by atoms with E-state index in [0.29, 0.717) is 12.2 Å². The predicted molar refractivity (Wildman–Crippen MR) is 73.5 cm³/mol. The highest BCUT2D eigenvalue weighted by atomic mass is 16.6. The lowest BCUT2D eigenvalue weighted by Crippen LogP contribution is -2.38. The first-order valence-electron chi connectivity index (χ1n) is 6.49. The highest BCUT2D eigenvalue weighted by Crippen LogP contribution is 2.32. The summed E-state index contributed by atoms with van der Waals surface area (Å²) in [5.74, 6) is 0.161. The van der Waals surface area contributed by atoms with Crippen LogP contribution in [0, 0.1) is 23.0 Å². The highest BCUT2D eigenvalue weighted by Gasteiger charge is 2.27. The largest absolute Gasteiger partial charge is 0.365 e. The van der Waals surface area contributed by atoms with Crippen molar-refractivity contribution in [2.45, 2.75) is 26.7 Å². The Morgan fingerprint density at radius 2 is 2.21 bits per heavy atom. The van der Waals surface area contributed by atoms with E-state index in [-0.39, 0.29) is 22.3 Å². The molecule has 0 aliphatic carbocycles. The van der Waals surface area contributed by atoms with Crippen LogP contribution in [0.4, 0.5) is 11.4 Å². The van der Waals surface area contributed by atoms with Gasteiger partial charge in [-0.3, -0.25) is 14.9 Å². The molecule has 5 heteroatoms. The number of nitro groups is 1. The monoisotopic (exact) mass is 262 g/mol. The van der Waals surface area contributed by atoms with Crippen LogP contribution < -0.4 is 4.90 Å². The van der Waals surface area contributed by atoms with Crippen molar-refractivity contribution in [2.75, 3.05) is 18.0 Å². The molecule has 0 N–H and O–H groups in total. The van der Waals surface area contributed by atoms with Gasteiger partial charge in [-0.2, -0.15) is 0 Å². The maximum atomic E-state index is 11.5. The van der Waals surface area contributed by atoms with Gasteiger partial charge in [0.05, 0.1) is 4.92 Å². The summed E-state index contributed by atoms with van der Waals surface area (Å²) in [6.45, 7) is 4.79. The van der Waals surface area contributed by atoms with Gasteiger partial charge in [0.1, 0.15) is 11.5 Å². The SMILES string of the molecule is CC(=O)C1CCCN(c2ccc(C)cc2[N+](=O)[O-])C1. The molecule has 1 atom stereocenters. The number of hydrogen-bond acceptors (Lipinski definition) is 4. The zero-order chi connectivity index (χ0) is 14.0. The lowest BCUT2D eigenvalue weighted by atomic mass is 9.94. The number of rotatable bonds is 3. The number of aryl methyl sites for hydroxylation is 1. The second kappa shape index (κ2) is 5.38. The Morgan fingerprint density at radius 1 is 1.47 bits per heavy atom. The number of piperidine rings is 1.